The van der Waals surface area contributed by atoms with Crippen LogP contribution < -0.4 is 5.32 Å². The van der Waals surface area contributed by atoms with Crippen molar-refractivity contribution in [3.63, 3.8) is 0 Å². The summed E-state index contributed by atoms with van der Waals surface area (Å²) in [6.45, 7) is 2.32. The van der Waals surface area contributed by atoms with Gasteiger partial charge in [0.1, 0.15) is 0 Å². The smallest absolute Gasteiger partial charge is 0.291 e. The van der Waals surface area contributed by atoms with Crippen LogP contribution in [0.3, 0.4) is 0 Å². The van der Waals surface area contributed by atoms with Gasteiger partial charge in [-0.25, -0.2) is 0 Å². The number of carbonyl (C=O) groups excluding carboxylic acids is 2. The lowest BCUT2D eigenvalue weighted by atomic mass is 10.1. The van der Waals surface area contributed by atoms with Crippen LogP contribution in [0.2, 0.25) is 0 Å². The van der Waals surface area contributed by atoms with E-state index in [-0.39, 0.29) is 11.1 Å². The highest BCUT2D eigenvalue weighted by molar-refractivity contribution is 8.15. The van der Waals surface area contributed by atoms with Gasteiger partial charge in [-0.05, 0) is 36.4 Å². The van der Waals surface area contributed by atoms with Crippen molar-refractivity contribution >= 4 is 28.6 Å². The van der Waals surface area contributed by atoms with Crippen LogP contribution in [0.1, 0.15) is 11.1 Å². The highest BCUT2D eigenvalue weighted by Crippen LogP contribution is 2.29. The molecule has 1 aliphatic heterocycles. The number of thioether (sulfide) groups is 1. The molecule has 0 aromatic heterocycles. The van der Waals surface area contributed by atoms with E-state index in [1.165, 1.54) is 4.90 Å². The maximum absolute atomic E-state index is 12.4. The molecule has 0 spiro atoms. The molecular weight excluding hydrogens is 296 g/mol. The molecular formula is C17H16N2O2S. The molecule has 0 unspecified atom stereocenters. The molecule has 1 aliphatic rings. The summed E-state index contributed by atoms with van der Waals surface area (Å²) in [5.41, 5.74) is 2.94. The second-order valence-electron chi connectivity index (χ2n) is 5.18. The fourth-order valence-corrected chi connectivity index (χ4v) is 3.15. The zero-order valence-corrected chi connectivity index (χ0v) is 13.0. The van der Waals surface area contributed by atoms with Gasteiger partial charge in [0, 0.05) is 5.69 Å². The van der Waals surface area contributed by atoms with E-state index in [2.05, 4.69) is 5.32 Å². The zero-order chi connectivity index (χ0) is 15.5. The van der Waals surface area contributed by atoms with E-state index < -0.39 is 5.37 Å². The van der Waals surface area contributed by atoms with E-state index in [4.69, 9.17) is 0 Å². The fourth-order valence-electron chi connectivity index (χ4n) is 2.24. The van der Waals surface area contributed by atoms with Crippen molar-refractivity contribution in [2.45, 2.75) is 18.8 Å². The molecule has 1 N–H and O–H groups in total. The van der Waals surface area contributed by atoms with E-state index in [1.807, 2.05) is 61.5 Å². The van der Waals surface area contributed by atoms with Crippen LogP contribution in [0, 0.1) is 6.92 Å². The number of amides is 2. The molecule has 112 valence electrons. The predicted octanol–water partition coefficient (Wildman–Crippen LogP) is 3.63. The lowest BCUT2D eigenvalue weighted by Crippen LogP contribution is -2.33. The van der Waals surface area contributed by atoms with Crippen molar-refractivity contribution in [2.75, 3.05) is 5.32 Å². The number of nitrogens with zero attached hydrogens (tertiary/aromatic N) is 1. The number of aryl methyl sites for hydroxylation is 1. The molecule has 3 rings (SSSR count). The number of benzene rings is 2. The van der Waals surface area contributed by atoms with Gasteiger partial charge in [0.15, 0.2) is 5.37 Å². The monoisotopic (exact) mass is 312 g/mol. The number of imide groups is 1. The Bertz CT molecular complexity index is 686. The molecule has 0 radical (unpaired) electrons. The van der Waals surface area contributed by atoms with Gasteiger partial charge < -0.3 is 5.32 Å². The largest absolute Gasteiger partial charge is 0.365 e. The highest BCUT2D eigenvalue weighted by Gasteiger charge is 2.39. The van der Waals surface area contributed by atoms with Crippen LogP contribution >= 0.6 is 11.8 Å². The number of hydrogen-bond acceptors (Lipinski definition) is 4. The molecule has 22 heavy (non-hydrogen) atoms. The third kappa shape index (κ3) is 3.14. The Balaban J connectivity index is 1.70. The molecule has 0 bridgehead atoms. The molecule has 1 saturated heterocycles. The van der Waals surface area contributed by atoms with Gasteiger partial charge in [-0.2, -0.15) is 0 Å². The van der Waals surface area contributed by atoms with Crippen LogP contribution in [0.5, 0.6) is 0 Å². The normalized spacial score (nSPS) is 17.9. The lowest BCUT2D eigenvalue weighted by Gasteiger charge is -2.15. The van der Waals surface area contributed by atoms with Gasteiger partial charge in [-0.15, -0.1) is 0 Å². The first-order chi connectivity index (χ1) is 10.6. The topological polar surface area (TPSA) is 49.4 Å². The Morgan fingerprint density at radius 1 is 1.05 bits per heavy atom. The molecule has 1 heterocycles. The SMILES string of the molecule is Cc1ccc(CN2C(=O)S[C@@H](Nc3ccccc3)C2=O)cc1. The molecule has 2 aromatic rings. The van der Waals surface area contributed by atoms with Crippen LogP contribution in [-0.4, -0.2) is 21.4 Å². The van der Waals surface area contributed by atoms with E-state index in [0.29, 0.717) is 6.54 Å². The van der Waals surface area contributed by atoms with E-state index in [0.717, 1.165) is 28.6 Å². The second kappa shape index (κ2) is 6.23. The standard InChI is InChI=1S/C17H16N2O2S/c1-12-7-9-13(10-8-12)11-19-16(20)15(22-17(19)21)18-14-5-3-2-4-6-14/h2-10,15,18H,11H2,1H3/t15-/m1/s1. The minimum absolute atomic E-state index is 0.195. The Morgan fingerprint density at radius 3 is 2.41 bits per heavy atom. The van der Waals surface area contributed by atoms with Gasteiger partial charge in [-0.1, -0.05) is 48.0 Å². The quantitative estimate of drug-likeness (QED) is 0.936. The Labute approximate surface area is 133 Å². The molecule has 0 aliphatic carbocycles. The van der Waals surface area contributed by atoms with Crippen LogP contribution in [-0.2, 0) is 11.3 Å². The summed E-state index contributed by atoms with van der Waals surface area (Å²) in [5, 5.41) is 2.33. The van der Waals surface area contributed by atoms with Crippen LogP contribution in [0.15, 0.2) is 54.6 Å². The minimum Gasteiger partial charge on any atom is -0.365 e. The molecule has 2 aromatic carbocycles. The third-order valence-corrected chi connectivity index (χ3v) is 4.44. The van der Waals surface area contributed by atoms with Crippen molar-refractivity contribution in [3.05, 3.63) is 65.7 Å². The van der Waals surface area contributed by atoms with Gasteiger partial charge in [0.05, 0.1) is 6.54 Å². The predicted molar refractivity (Wildman–Crippen MR) is 88.6 cm³/mol. The molecule has 2 amide bonds. The summed E-state index contributed by atoms with van der Waals surface area (Å²) in [6.07, 6.45) is 0. The van der Waals surface area contributed by atoms with E-state index in [1.54, 1.807) is 0 Å². The third-order valence-electron chi connectivity index (χ3n) is 3.46. The average molecular weight is 312 g/mol. The van der Waals surface area contributed by atoms with E-state index in [9.17, 15) is 9.59 Å². The Morgan fingerprint density at radius 2 is 1.73 bits per heavy atom. The summed E-state index contributed by atoms with van der Waals surface area (Å²) in [5.74, 6) is -0.195. The van der Waals surface area contributed by atoms with Crippen LogP contribution in [0.4, 0.5) is 10.5 Å². The van der Waals surface area contributed by atoms with Gasteiger partial charge >= 0.3 is 0 Å². The summed E-state index contributed by atoms with van der Waals surface area (Å²) >= 11 is 1.03. The van der Waals surface area contributed by atoms with Gasteiger partial charge in [-0.3, -0.25) is 14.5 Å². The number of para-hydroxylation sites is 1. The van der Waals surface area contributed by atoms with Crippen molar-refractivity contribution in [3.8, 4) is 0 Å². The van der Waals surface area contributed by atoms with Crippen LogP contribution in [0.25, 0.3) is 0 Å². The Hall–Kier alpha value is -2.27. The van der Waals surface area contributed by atoms with Crippen molar-refractivity contribution in [1.82, 2.24) is 4.90 Å². The number of carbonyl (C=O) groups is 2. The highest BCUT2D eigenvalue weighted by atomic mass is 32.2. The summed E-state index contributed by atoms with van der Waals surface area (Å²) in [6, 6.07) is 17.3. The molecule has 4 nitrogen and oxygen atoms in total. The number of nitrogens with one attached hydrogen (secondary N) is 1. The second-order valence-corrected chi connectivity index (χ2v) is 6.24. The van der Waals surface area contributed by atoms with Gasteiger partial charge in [0.2, 0.25) is 0 Å². The zero-order valence-electron chi connectivity index (χ0n) is 12.2. The molecule has 5 heteroatoms. The number of hydrogen-bond donors (Lipinski definition) is 1. The summed E-state index contributed by atoms with van der Waals surface area (Å²) in [4.78, 5) is 25.8. The first-order valence-corrected chi connectivity index (χ1v) is 7.90. The first-order valence-electron chi connectivity index (χ1n) is 7.02. The fraction of sp³-hybridized carbons (Fsp3) is 0.176. The number of anilines is 1. The van der Waals surface area contributed by atoms with E-state index >= 15 is 0 Å². The van der Waals surface area contributed by atoms with Gasteiger partial charge in [0.25, 0.3) is 11.1 Å². The average Bonchev–Trinajstić information content (AvgIpc) is 2.78. The minimum atomic E-state index is -0.555. The lowest BCUT2D eigenvalue weighted by molar-refractivity contribution is -0.126. The first kappa shape index (κ1) is 14.7. The molecule has 1 atom stereocenters. The summed E-state index contributed by atoms with van der Waals surface area (Å²) < 4.78 is 0. The maximum Gasteiger partial charge on any atom is 0.291 e. The summed E-state index contributed by atoms with van der Waals surface area (Å²) in [7, 11) is 0. The van der Waals surface area contributed by atoms with Crippen molar-refractivity contribution in [1.29, 1.82) is 0 Å². The van der Waals surface area contributed by atoms with Crippen molar-refractivity contribution in [2.24, 2.45) is 0 Å². The Kier molecular flexibility index (Phi) is 4.15. The van der Waals surface area contributed by atoms with Crippen molar-refractivity contribution < 1.29 is 9.59 Å². The molecule has 1 fully saturated rings. The number of rotatable bonds is 4. The molecule has 0 saturated carbocycles. The maximum atomic E-state index is 12.4.